The molecule has 0 aliphatic carbocycles. The molecule has 0 aromatic heterocycles. The van der Waals surface area contributed by atoms with Gasteiger partial charge < -0.3 is 10.2 Å². The Labute approximate surface area is 138 Å². The SMILES string of the molecule is CCCNCc1ccc(N2CCC(C)(CC)CC2)c(Br)c1. The Balaban J connectivity index is 1.98. The molecule has 2 rings (SSSR count). The highest BCUT2D eigenvalue weighted by Gasteiger charge is 2.28. The summed E-state index contributed by atoms with van der Waals surface area (Å²) >= 11 is 3.77. The highest BCUT2D eigenvalue weighted by Crippen LogP contribution is 2.37. The third-order valence-electron chi connectivity index (χ3n) is 4.93. The van der Waals surface area contributed by atoms with Gasteiger partial charge in [-0.1, -0.05) is 33.3 Å². The Morgan fingerprint density at radius 3 is 2.52 bits per heavy atom. The van der Waals surface area contributed by atoms with Gasteiger partial charge in [-0.25, -0.2) is 0 Å². The fourth-order valence-corrected chi connectivity index (χ4v) is 3.64. The van der Waals surface area contributed by atoms with Crippen LogP contribution in [0.1, 0.15) is 52.0 Å². The van der Waals surface area contributed by atoms with E-state index in [1.165, 1.54) is 54.5 Å². The largest absolute Gasteiger partial charge is 0.371 e. The summed E-state index contributed by atoms with van der Waals surface area (Å²) in [5.41, 5.74) is 3.26. The van der Waals surface area contributed by atoms with Gasteiger partial charge in [-0.15, -0.1) is 0 Å². The van der Waals surface area contributed by atoms with Crippen LogP contribution in [0, 0.1) is 5.41 Å². The van der Waals surface area contributed by atoms with Gasteiger partial charge in [0.1, 0.15) is 0 Å². The lowest BCUT2D eigenvalue weighted by molar-refractivity contribution is 0.238. The summed E-state index contributed by atoms with van der Waals surface area (Å²) in [6.45, 7) is 11.4. The standard InChI is InChI=1S/C18H29BrN2/c1-4-10-20-14-15-6-7-17(16(19)13-15)21-11-8-18(3,5-2)9-12-21/h6-7,13,20H,4-5,8-12,14H2,1-3H3. The lowest BCUT2D eigenvalue weighted by Crippen LogP contribution is -2.38. The molecule has 1 saturated heterocycles. The van der Waals surface area contributed by atoms with Gasteiger partial charge in [0.2, 0.25) is 0 Å². The van der Waals surface area contributed by atoms with Crippen molar-refractivity contribution in [3.63, 3.8) is 0 Å². The molecule has 118 valence electrons. The smallest absolute Gasteiger partial charge is 0.0510 e. The summed E-state index contributed by atoms with van der Waals surface area (Å²) < 4.78 is 1.23. The highest BCUT2D eigenvalue weighted by molar-refractivity contribution is 9.10. The predicted octanol–water partition coefficient (Wildman–Crippen LogP) is 4.97. The maximum absolute atomic E-state index is 3.77. The molecule has 1 aromatic carbocycles. The quantitative estimate of drug-likeness (QED) is 0.727. The molecular weight excluding hydrogens is 324 g/mol. The van der Waals surface area contributed by atoms with Crippen LogP contribution in [-0.2, 0) is 6.54 Å². The molecule has 0 radical (unpaired) electrons. The van der Waals surface area contributed by atoms with Gasteiger partial charge in [0.05, 0.1) is 5.69 Å². The lowest BCUT2D eigenvalue weighted by atomic mass is 9.78. The second-order valence-electron chi connectivity index (χ2n) is 6.61. The van der Waals surface area contributed by atoms with E-state index in [9.17, 15) is 0 Å². The first-order valence-electron chi connectivity index (χ1n) is 8.32. The van der Waals surface area contributed by atoms with Gasteiger partial charge in [-0.05, 0) is 64.8 Å². The molecule has 0 atom stereocenters. The van der Waals surface area contributed by atoms with Crippen molar-refractivity contribution >= 4 is 21.6 Å². The normalized spacial score (nSPS) is 18.0. The third-order valence-corrected chi connectivity index (χ3v) is 5.57. The lowest BCUT2D eigenvalue weighted by Gasteiger charge is -2.40. The zero-order chi connectivity index (χ0) is 15.3. The van der Waals surface area contributed by atoms with Crippen molar-refractivity contribution in [3.05, 3.63) is 28.2 Å². The van der Waals surface area contributed by atoms with Crippen molar-refractivity contribution in [1.29, 1.82) is 0 Å². The molecule has 1 aliphatic rings. The monoisotopic (exact) mass is 352 g/mol. The van der Waals surface area contributed by atoms with Crippen molar-refractivity contribution in [3.8, 4) is 0 Å². The molecule has 0 bridgehead atoms. The fraction of sp³-hybridized carbons (Fsp3) is 0.667. The molecule has 0 spiro atoms. The number of hydrogen-bond donors (Lipinski definition) is 1. The summed E-state index contributed by atoms with van der Waals surface area (Å²) in [6, 6.07) is 6.81. The molecule has 1 aromatic rings. The average Bonchev–Trinajstić information content (AvgIpc) is 2.49. The van der Waals surface area contributed by atoms with Gasteiger partial charge in [0, 0.05) is 24.1 Å². The van der Waals surface area contributed by atoms with Crippen LogP contribution >= 0.6 is 15.9 Å². The van der Waals surface area contributed by atoms with Crippen LogP contribution in [0.5, 0.6) is 0 Å². The molecule has 21 heavy (non-hydrogen) atoms. The molecule has 1 aliphatic heterocycles. The summed E-state index contributed by atoms with van der Waals surface area (Å²) in [7, 11) is 0. The van der Waals surface area contributed by atoms with Crippen molar-refractivity contribution in [2.45, 2.75) is 53.0 Å². The first-order valence-corrected chi connectivity index (χ1v) is 9.11. The van der Waals surface area contributed by atoms with Crippen LogP contribution in [0.4, 0.5) is 5.69 Å². The Morgan fingerprint density at radius 1 is 1.24 bits per heavy atom. The zero-order valence-electron chi connectivity index (χ0n) is 13.7. The number of piperidine rings is 1. The average molecular weight is 353 g/mol. The van der Waals surface area contributed by atoms with Gasteiger partial charge in [0.15, 0.2) is 0 Å². The Morgan fingerprint density at radius 2 is 1.95 bits per heavy atom. The van der Waals surface area contributed by atoms with Crippen LogP contribution < -0.4 is 10.2 Å². The van der Waals surface area contributed by atoms with E-state index in [2.05, 4.69) is 65.1 Å². The summed E-state index contributed by atoms with van der Waals surface area (Å²) in [5.74, 6) is 0. The van der Waals surface area contributed by atoms with Crippen LogP contribution in [0.3, 0.4) is 0 Å². The van der Waals surface area contributed by atoms with E-state index >= 15 is 0 Å². The molecule has 2 nitrogen and oxygen atoms in total. The van der Waals surface area contributed by atoms with Crippen molar-refractivity contribution in [2.24, 2.45) is 5.41 Å². The molecule has 3 heteroatoms. The van der Waals surface area contributed by atoms with Gasteiger partial charge in [-0.2, -0.15) is 0 Å². The Kier molecular flexibility index (Phi) is 6.12. The maximum atomic E-state index is 3.77. The van der Waals surface area contributed by atoms with Crippen LogP contribution in [-0.4, -0.2) is 19.6 Å². The number of halogens is 1. The first-order chi connectivity index (χ1) is 10.1. The molecular formula is C18H29BrN2. The molecule has 0 amide bonds. The molecule has 0 saturated carbocycles. The molecule has 1 heterocycles. The fourth-order valence-electron chi connectivity index (χ4n) is 2.97. The van der Waals surface area contributed by atoms with Gasteiger partial charge in [-0.3, -0.25) is 0 Å². The van der Waals surface area contributed by atoms with Crippen LogP contribution in [0.2, 0.25) is 0 Å². The maximum Gasteiger partial charge on any atom is 0.0510 e. The number of rotatable bonds is 6. The van der Waals surface area contributed by atoms with E-state index in [4.69, 9.17) is 0 Å². The van der Waals surface area contributed by atoms with E-state index in [1.54, 1.807) is 0 Å². The predicted molar refractivity (Wildman–Crippen MR) is 96.0 cm³/mol. The molecule has 0 unspecified atom stereocenters. The van der Waals surface area contributed by atoms with Gasteiger partial charge in [0.25, 0.3) is 0 Å². The van der Waals surface area contributed by atoms with Crippen LogP contribution in [0.25, 0.3) is 0 Å². The first kappa shape index (κ1) is 16.8. The van der Waals surface area contributed by atoms with E-state index in [0.717, 1.165) is 13.1 Å². The van der Waals surface area contributed by atoms with Crippen LogP contribution in [0.15, 0.2) is 22.7 Å². The number of benzene rings is 1. The second-order valence-corrected chi connectivity index (χ2v) is 7.47. The minimum Gasteiger partial charge on any atom is -0.371 e. The highest BCUT2D eigenvalue weighted by atomic mass is 79.9. The Hall–Kier alpha value is -0.540. The van der Waals surface area contributed by atoms with E-state index in [1.807, 2.05) is 0 Å². The van der Waals surface area contributed by atoms with E-state index < -0.39 is 0 Å². The van der Waals surface area contributed by atoms with E-state index in [0.29, 0.717) is 5.41 Å². The zero-order valence-corrected chi connectivity index (χ0v) is 15.3. The summed E-state index contributed by atoms with van der Waals surface area (Å²) in [6.07, 6.45) is 5.08. The van der Waals surface area contributed by atoms with E-state index in [-0.39, 0.29) is 0 Å². The molecule has 1 fully saturated rings. The second kappa shape index (κ2) is 7.64. The summed E-state index contributed by atoms with van der Waals surface area (Å²) in [4.78, 5) is 2.53. The van der Waals surface area contributed by atoms with Crippen molar-refractivity contribution < 1.29 is 0 Å². The number of anilines is 1. The summed E-state index contributed by atoms with van der Waals surface area (Å²) in [5, 5.41) is 3.46. The number of nitrogens with one attached hydrogen (secondary N) is 1. The number of hydrogen-bond acceptors (Lipinski definition) is 2. The third kappa shape index (κ3) is 4.46. The minimum absolute atomic E-state index is 0.549. The van der Waals surface area contributed by atoms with Crippen molar-refractivity contribution in [1.82, 2.24) is 5.32 Å². The Bertz CT molecular complexity index is 451. The number of nitrogens with zero attached hydrogens (tertiary/aromatic N) is 1. The topological polar surface area (TPSA) is 15.3 Å². The molecule has 1 N–H and O–H groups in total. The minimum atomic E-state index is 0.549. The van der Waals surface area contributed by atoms with Crippen molar-refractivity contribution in [2.75, 3.05) is 24.5 Å². The van der Waals surface area contributed by atoms with Gasteiger partial charge >= 0.3 is 0 Å².